The maximum atomic E-state index is 13.8. The van der Waals surface area contributed by atoms with Crippen molar-refractivity contribution in [1.82, 2.24) is 14.8 Å². The maximum Gasteiger partial charge on any atom is 0.410 e. The van der Waals surface area contributed by atoms with Gasteiger partial charge in [0.25, 0.3) is 0 Å². The van der Waals surface area contributed by atoms with Gasteiger partial charge in [-0.2, -0.15) is 0 Å². The van der Waals surface area contributed by atoms with Crippen LogP contribution in [0.5, 0.6) is 0 Å². The van der Waals surface area contributed by atoms with Crippen molar-refractivity contribution in [3.63, 3.8) is 0 Å². The SMILES string of the molecule is CC(C)(C)OC(=O)N1C[C@@H](O)[C@@H]2[C@H]1[C@H](c1c[nH]c3cc(F)ccc13)CN2C(=O)OCc1ccccc1. The van der Waals surface area contributed by atoms with E-state index in [1.165, 1.54) is 21.9 Å². The molecule has 0 saturated carbocycles. The van der Waals surface area contributed by atoms with Crippen molar-refractivity contribution >= 4 is 23.1 Å². The number of β-amino-alcohol motifs (C(OH)–C–C–N with tert-alkyl or cyclic N) is 1. The molecule has 2 N–H and O–H groups in total. The number of likely N-dealkylation sites (tertiary alicyclic amines) is 2. The number of H-pyrrole nitrogens is 1. The number of carbonyl (C=O) groups is 2. The average Bonchev–Trinajstić information content (AvgIpc) is 3.50. The first kappa shape index (κ1) is 24.1. The molecule has 0 spiro atoms. The number of hydrogen-bond acceptors (Lipinski definition) is 5. The molecule has 2 aliphatic rings. The molecule has 3 heterocycles. The highest BCUT2D eigenvalue weighted by Crippen LogP contribution is 2.44. The quantitative estimate of drug-likeness (QED) is 0.562. The Morgan fingerprint density at radius 2 is 1.78 bits per heavy atom. The fourth-order valence-electron chi connectivity index (χ4n) is 5.36. The summed E-state index contributed by atoms with van der Waals surface area (Å²) in [6, 6.07) is 12.6. The minimum atomic E-state index is -0.973. The van der Waals surface area contributed by atoms with Crippen LogP contribution in [0.25, 0.3) is 10.9 Å². The fraction of sp³-hybridized carbons (Fsp3) is 0.407. The Labute approximate surface area is 208 Å². The Balaban J connectivity index is 1.48. The van der Waals surface area contributed by atoms with Crippen molar-refractivity contribution in [2.75, 3.05) is 13.1 Å². The van der Waals surface area contributed by atoms with Gasteiger partial charge in [0.1, 0.15) is 18.0 Å². The molecular weight excluding hydrogens is 465 g/mol. The van der Waals surface area contributed by atoms with Gasteiger partial charge in [0.05, 0.1) is 24.7 Å². The van der Waals surface area contributed by atoms with Crippen LogP contribution in [0.1, 0.15) is 37.8 Å². The second-order valence-corrected chi connectivity index (χ2v) is 10.4. The lowest BCUT2D eigenvalue weighted by atomic mass is 9.91. The number of amides is 2. The van der Waals surface area contributed by atoms with Crippen molar-refractivity contribution in [3.8, 4) is 0 Å². The number of aromatic nitrogens is 1. The van der Waals surface area contributed by atoms with E-state index in [9.17, 15) is 19.1 Å². The van der Waals surface area contributed by atoms with Gasteiger partial charge in [-0.05, 0) is 50.1 Å². The van der Waals surface area contributed by atoms with E-state index < -0.39 is 36.0 Å². The van der Waals surface area contributed by atoms with E-state index in [0.717, 1.165) is 16.5 Å². The second-order valence-electron chi connectivity index (χ2n) is 10.4. The van der Waals surface area contributed by atoms with Crippen molar-refractivity contribution in [2.24, 2.45) is 0 Å². The van der Waals surface area contributed by atoms with Crippen LogP contribution in [-0.2, 0) is 16.1 Å². The van der Waals surface area contributed by atoms with Gasteiger partial charge in [0.15, 0.2) is 0 Å². The molecule has 0 radical (unpaired) electrons. The highest BCUT2D eigenvalue weighted by atomic mass is 19.1. The van der Waals surface area contributed by atoms with Crippen LogP contribution in [0, 0.1) is 5.82 Å². The molecule has 3 aromatic rings. The third kappa shape index (κ3) is 4.51. The van der Waals surface area contributed by atoms with E-state index in [2.05, 4.69) is 4.98 Å². The van der Waals surface area contributed by atoms with Gasteiger partial charge in [-0.1, -0.05) is 30.3 Å². The topological polar surface area (TPSA) is 95.1 Å². The van der Waals surface area contributed by atoms with Crippen LogP contribution in [0.3, 0.4) is 0 Å². The Morgan fingerprint density at radius 3 is 2.50 bits per heavy atom. The molecule has 4 atom stereocenters. The molecule has 9 heteroatoms. The van der Waals surface area contributed by atoms with Gasteiger partial charge in [-0.25, -0.2) is 14.0 Å². The largest absolute Gasteiger partial charge is 0.445 e. The first-order valence-corrected chi connectivity index (χ1v) is 12.0. The summed E-state index contributed by atoms with van der Waals surface area (Å²) in [5.74, 6) is -0.707. The lowest BCUT2D eigenvalue weighted by molar-refractivity contribution is 0.0197. The number of aliphatic hydroxyl groups is 1. The number of ether oxygens (including phenoxy) is 2. The molecule has 2 fully saturated rings. The Bertz CT molecular complexity index is 1270. The predicted molar refractivity (Wildman–Crippen MR) is 131 cm³/mol. The first-order valence-electron chi connectivity index (χ1n) is 12.0. The molecule has 5 rings (SSSR count). The zero-order chi connectivity index (χ0) is 25.6. The first-order chi connectivity index (χ1) is 17.1. The molecule has 1 aromatic heterocycles. The summed E-state index contributed by atoms with van der Waals surface area (Å²) >= 11 is 0. The second kappa shape index (κ2) is 9.13. The van der Waals surface area contributed by atoms with E-state index in [1.807, 2.05) is 30.3 Å². The van der Waals surface area contributed by atoms with Crippen LogP contribution in [0.2, 0.25) is 0 Å². The zero-order valence-corrected chi connectivity index (χ0v) is 20.5. The molecule has 2 saturated heterocycles. The molecule has 0 bridgehead atoms. The Kier molecular flexibility index (Phi) is 6.12. The zero-order valence-electron chi connectivity index (χ0n) is 20.5. The number of carbonyl (C=O) groups excluding carboxylic acids is 2. The molecule has 0 aliphatic carbocycles. The van der Waals surface area contributed by atoms with Gasteiger partial charge < -0.3 is 19.6 Å². The molecular formula is C27H30FN3O5. The summed E-state index contributed by atoms with van der Waals surface area (Å²) < 4.78 is 25.0. The van der Waals surface area contributed by atoms with Crippen molar-refractivity contribution in [1.29, 1.82) is 0 Å². The monoisotopic (exact) mass is 495 g/mol. The number of halogens is 1. The van der Waals surface area contributed by atoms with E-state index >= 15 is 0 Å². The molecule has 2 aliphatic heterocycles. The summed E-state index contributed by atoms with van der Waals surface area (Å²) in [6.07, 6.45) is -0.306. The van der Waals surface area contributed by atoms with Crippen molar-refractivity contribution in [2.45, 2.75) is 57.1 Å². The number of aromatic amines is 1. The molecule has 190 valence electrons. The molecule has 2 aromatic carbocycles. The fourth-order valence-corrected chi connectivity index (χ4v) is 5.36. The Hall–Kier alpha value is -3.59. The summed E-state index contributed by atoms with van der Waals surface area (Å²) in [6.45, 7) is 5.69. The lowest BCUT2D eigenvalue weighted by Gasteiger charge is -2.30. The van der Waals surface area contributed by atoms with Gasteiger partial charge in [0.2, 0.25) is 0 Å². The standard InChI is InChI=1S/C27H30FN3O5/c1-27(2,3)36-26(34)31-14-22(32)24-23(31)20(19-12-29-21-11-17(28)9-10-18(19)21)13-30(24)25(33)35-15-16-7-5-4-6-8-16/h4-12,20,22-24,29,32H,13-15H2,1-3H3/t20-,22+,23+,24+/m0/s1. The third-order valence-corrected chi connectivity index (χ3v) is 6.80. The smallest absolute Gasteiger partial charge is 0.410 e. The lowest BCUT2D eigenvalue weighted by Crippen LogP contribution is -2.46. The van der Waals surface area contributed by atoms with E-state index in [1.54, 1.807) is 33.0 Å². The highest BCUT2D eigenvalue weighted by Gasteiger charge is 2.57. The van der Waals surface area contributed by atoms with Gasteiger partial charge in [-0.15, -0.1) is 0 Å². The third-order valence-electron chi connectivity index (χ3n) is 6.80. The summed E-state index contributed by atoms with van der Waals surface area (Å²) in [5.41, 5.74) is 1.58. The minimum Gasteiger partial charge on any atom is -0.445 e. The van der Waals surface area contributed by atoms with Gasteiger partial charge in [0, 0.05) is 29.6 Å². The van der Waals surface area contributed by atoms with Crippen LogP contribution in [-0.4, -0.2) is 69.0 Å². The normalized spacial score (nSPS) is 23.7. The van der Waals surface area contributed by atoms with Crippen LogP contribution in [0.15, 0.2) is 54.7 Å². The van der Waals surface area contributed by atoms with Crippen LogP contribution < -0.4 is 0 Å². The van der Waals surface area contributed by atoms with Crippen LogP contribution >= 0.6 is 0 Å². The number of benzene rings is 2. The molecule has 2 amide bonds. The van der Waals surface area contributed by atoms with Crippen molar-refractivity contribution in [3.05, 3.63) is 71.7 Å². The predicted octanol–water partition coefficient (Wildman–Crippen LogP) is 4.39. The van der Waals surface area contributed by atoms with Gasteiger partial charge >= 0.3 is 12.2 Å². The number of aliphatic hydroxyl groups excluding tert-OH is 1. The number of nitrogens with zero attached hydrogens (tertiary/aromatic N) is 2. The van der Waals surface area contributed by atoms with E-state index in [0.29, 0.717) is 5.52 Å². The molecule has 0 unspecified atom stereocenters. The number of hydrogen-bond donors (Lipinski definition) is 2. The highest BCUT2D eigenvalue weighted by molar-refractivity contribution is 5.84. The maximum absolute atomic E-state index is 13.8. The van der Waals surface area contributed by atoms with E-state index in [4.69, 9.17) is 9.47 Å². The number of rotatable bonds is 3. The summed E-state index contributed by atoms with van der Waals surface area (Å²) in [5, 5.41) is 11.8. The van der Waals surface area contributed by atoms with Gasteiger partial charge in [-0.3, -0.25) is 9.80 Å². The molecule has 8 nitrogen and oxygen atoms in total. The molecule has 36 heavy (non-hydrogen) atoms. The summed E-state index contributed by atoms with van der Waals surface area (Å²) in [7, 11) is 0. The number of fused-ring (bicyclic) bond motifs is 2. The van der Waals surface area contributed by atoms with E-state index in [-0.39, 0.29) is 31.4 Å². The summed E-state index contributed by atoms with van der Waals surface area (Å²) in [4.78, 5) is 32.5. The minimum absolute atomic E-state index is 0.0280. The van der Waals surface area contributed by atoms with Crippen molar-refractivity contribution < 1.29 is 28.6 Å². The number of nitrogens with one attached hydrogen (secondary N) is 1. The average molecular weight is 496 g/mol. The van der Waals surface area contributed by atoms with Crippen LogP contribution in [0.4, 0.5) is 14.0 Å². The Morgan fingerprint density at radius 1 is 1.06 bits per heavy atom.